The van der Waals surface area contributed by atoms with Crippen molar-refractivity contribution < 1.29 is 13.2 Å². The van der Waals surface area contributed by atoms with Crippen LogP contribution in [0.25, 0.3) is 0 Å². The lowest BCUT2D eigenvalue weighted by molar-refractivity contribution is -0.121. The van der Waals surface area contributed by atoms with E-state index < -0.39 is 10.0 Å². The fourth-order valence-corrected chi connectivity index (χ4v) is 5.85. The first-order valence-corrected chi connectivity index (χ1v) is 13.1. The minimum atomic E-state index is -3.31. The van der Waals surface area contributed by atoms with E-state index in [2.05, 4.69) is 34.5 Å². The van der Waals surface area contributed by atoms with Gasteiger partial charge in [0.15, 0.2) is 0 Å². The van der Waals surface area contributed by atoms with E-state index in [0.29, 0.717) is 25.4 Å². The van der Waals surface area contributed by atoms with E-state index >= 15 is 0 Å². The van der Waals surface area contributed by atoms with Crippen molar-refractivity contribution in [1.82, 2.24) is 14.5 Å². The van der Waals surface area contributed by atoms with Crippen LogP contribution in [0.2, 0.25) is 0 Å². The van der Waals surface area contributed by atoms with Gasteiger partial charge in [0.2, 0.25) is 15.9 Å². The number of rotatable bonds is 10. The normalized spacial score (nSPS) is 19.6. The Morgan fingerprint density at radius 1 is 1.00 bits per heavy atom. The van der Waals surface area contributed by atoms with Crippen LogP contribution in [0, 0.1) is 5.92 Å². The van der Waals surface area contributed by atoms with Crippen LogP contribution in [-0.4, -0.2) is 68.6 Å². The highest BCUT2D eigenvalue weighted by Crippen LogP contribution is 2.27. The Balaban J connectivity index is 1.30. The SMILES string of the molecule is O=C(CCC1CCCCC1)NCCS(=O)(=O)N1CCN(CCc2ccccc2)CC1. The summed E-state index contributed by atoms with van der Waals surface area (Å²) in [5.74, 6) is 0.652. The smallest absolute Gasteiger partial charge is 0.220 e. The third-order valence-corrected chi connectivity index (χ3v) is 8.34. The van der Waals surface area contributed by atoms with E-state index in [1.54, 1.807) is 4.31 Å². The number of piperazine rings is 1. The number of benzene rings is 1. The summed E-state index contributed by atoms with van der Waals surface area (Å²) in [6.07, 6.45) is 8.79. The molecule has 7 heteroatoms. The summed E-state index contributed by atoms with van der Waals surface area (Å²) in [7, 11) is -3.31. The number of sulfonamides is 1. The molecular formula is C23H37N3O3S. The molecule has 0 unspecified atom stereocenters. The second-order valence-electron chi connectivity index (χ2n) is 8.68. The van der Waals surface area contributed by atoms with Crippen molar-refractivity contribution >= 4 is 15.9 Å². The van der Waals surface area contributed by atoms with Crippen LogP contribution in [0.4, 0.5) is 0 Å². The molecule has 3 rings (SSSR count). The van der Waals surface area contributed by atoms with Crippen molar-refractivity contribution in [3.05, 3.63) is 35.9 Å². The van der Waals surface area contributed by atoms with E-state index in [1.165, 1.54) is 37.7 Å². The molecule has 0 spiro atoms. The van der Waals surface area contributed by atoms with Gasteiger partial charge in [-0.15, -0.1) is 0 Å². The molecule has 2 aliphatic rings. The second-order valence-corrected chi connectivity index (χ2v) is 10.8. The van der Waals surface area contributed by atoms with Gasteiger partial charge in [0, 0.05) is 45.7 Å². The minimum Gasteiger partial charge on any atom is -0.355 e. The van der Waals surface area contributed by atoms with Crippen LogP contribution in [0.1, 0.15) is 50.5 Å². The molecule has 1 N–H and O–H groups in total. The molecule has 0 aromatic heterocycles. The van der Waals surface area contributed by atoms with Crippen molar-refractivity contribution in [3.8, 4) is 0 Å². The van der Waals surface area contributed by atoms with Gasteiger partial charge in [-0.05, 0) is 24.3 Å². The molecule has 1 amide bonds. The highest BCUT2D eigenvalue weighted by atomic mass is 32.2. The number of nitrogens with zero attached hydrogens (tertiary/aromatic N) is 2. The lowest BCUT2D eigenvalue weighted by Crippen LogP contribution is -2.50. The van der Waals surface area contributed by atoms with Crippen molar-refractivity contribution in [2.75, 3.05) is 45.0 Å². The lowest BCUT2D eigenvalue weighted by atomic mass is 9.86. The summed E-state index contributed by atoms with van der Waals surface area (Å²) in [4.78, 5) is 14.4. The Hall–Kier alpha value is -1.44. The zero-order valence-electron chi connectivity index (χ0n) is 18.1. The van der Waals surface area contributed by atoms with Gasteiger partial charge in [-0.1, -0.05) is 62.4 Å². The van der Waals surface area contributed by atoms with Gasteiger partial charge >= 0.3 is 0 Å². The molecule has 1 aromatic rings. The van der Waals surface area contributed by atoms with Crippen LogP contribution >= 0.6 is 0 Å². The molecule has 0 radical (unpaired) electrons. The van der Waals surface area contributed by atoms with Crippen molar-refractivity contribution in [2.24, 2.45) is 5.92 Å². The highest BCUT2D eigenvalue weighted by molar-refractivity contribution is 7.89. The molecule has 1 heterocycles. The van der Waals surface area contributed by atoms with E-state index in [1.807, 2.05) is 6.07 Å². The number of amides is 1. The lowest BCUT2D eigenvalue weighted by Gasteiger charge is -2.34. The minimum absolute atomic E-state index is 0.00775. The van der Waals surface area contributed by atoms with E-state index in [4.69, 9.17) is 0 Å². The van der Waals surface area contributed by atoms with Gasteiger partial charge in [0.25, 0.3) is 0 Å². The van der Waals surface area contributed by atoms with Gasteiger partial charge in [0.05, 0.1) is 5.75 Å². The maximum Gasteiger partial charge on any atom is 0.220 e. The van der Waals surface area contributed by atoms with Crippen LogP contribution in [0.5, 0.6) is 0 Å². The largest absolute Gasteiger partial charge is 0.355 e. The summed E-state index contributed by atoms with van der Waals surface area (Å²) in [5, 5.41) is 2.81. The van der Waals surface area contributed by atoms with Crippen molar-refractivity contribution in [1.29, 1.82) is 0 Å². The van der Waals surface area contributed by atoms with Crippen LogP contribution in [0.15, 0.2) is 30.3 Å². The van der Waals surface area contributed by atoms with Gasteiger partial charge in [-0.3, -0.25) is 4.79 Å². The van der Waals surface area contributed by atoms with Crippen LogP contribution < -0.4 is 5.32 Å². The standard InChI is InChI=1S/C23H37N3O3S/c27-23(12-11-21-7-3-1-4-8-21)24-14-20-30(28,29)26-18-16-25(17-19-26)15-13-22-9-5-2-6-10-22/h2,5-6,9-10,21H,1,3-4,7-8,11-20H2,(H,24,27). The zero-order chi connectivity index (χ0) is 21.2. The number of carbonyl (C=O) groups excluding carboxylic acids is 1. The Labute approximate surface area is 182 Å². The first-order chi connectivity index (χ1) is 14.5. The fraction of sp³-hybridized carbons (Fsp3) is 0.696. The predicted molar refractivity (Wildman–Crippen MR) is 121 cm³/mol. The van der Waals surface area contributed by atoms with Crippen LogP contribution in [0.3, 0.4) is 0 Å². The molecule has 6 nitrogen and oxygen atoms in total. The topological polar surface area (TPSA) is 69.7 Å². The third-order valence-electron chi connectivity index (χ3n) is 6.47. The highest BCUT2D eigenvalue weighted by Gasteiger charge is 2.26. The summed E-state index contributed by atoms with van der Waals surface area (Å²) < 4.78 is 26.8. The average Bonchev–Trinajstić information content (AvgIpc) is 2.78. The number of carbonyl (C=O) groups is 1. The van der Waals surface area contributed by atoms with E-state index in [9.17, 15) is 13.2 Å². The molecule has 1 saturated carbocycles. The van der Waals surface area contributed by atoms with Gasteiger partial charge in [-0.25, -0.2) is 8.42 Å². The molecule has 1 aromatic carbocycles. The maximum absolute atomic E-state index is 12.6. The van der Waals surface area contributed by atoms with Crippen molar-refractivity contribution in [2.45, 2.75) is 51.4 Å². The first-order valence-electron chi connectivity index (χ1n) is 11.5. The Morgan fingerprint density at radius 3 is 2.40 bits per heavy atom. The second kappa shape index (κ2) is 11.8. The third kappa shape index (κ3) is 7.67. The van der Waals surface area contributed by atoms with Gasteiger partial charge in [-0.2, -0.15) is 4.31 Å². The Kier molecular flexibility index (Phi) is 9.15. The summed E-state index contributed by atoms with van der Waals surface area (Å²) in [6.45, 7) is 3.76. The summed E-state index contributed by atoms with van der Waals surface area (Å²) in [5.41, 5.74) is 1.31. The quantitative estimate of drug-likeness (QED) is 0.613. The molecule has 1 aliphatic carbocycles. The Morgan fingerprint density at radius 2 is 1.70 bits per heavy atom. The molecular weight excluding hydrogens is 398 g/mol. The number of hydrogen-bond acceptors (Lipinski definition) is 4. The maximum atomic E-state index is 12.6. The molecule has 30 heavy (non-hydrogen) atoms. The Bertz CT molecular complexity index is 740. The zero-order valence-corrected chi connectivity index (χ0v) is 18.9. The van der Waals surface area contributed by atoms with Gasteiger partial charge < -0.3 is 10.2 Å². The monoisotopic (exact) mass is 435 g/mol. The number of hydrogen-bond donors (Lipinski definition) is 1. The number of nitrogens with one attached hydrogen (secondary N) is 1. The first kappa shape index (κ1) is 23.2. The summed E-state index contributed by atoms with van der Waals surface area (Å²) in [6, 6.07) is 10.4. The average molecular weight is 436 g/mol. The molecule has 0 atom stereocenters. The van der Waals surface area contributed by atoms with E-state index in [-0.39, 0.29) is 18.2 Å². The van der Waals surface area contributed by atoms with E-state index in [0.717, 1.165) is 32.5 Å². The molecule has 1 aliphatic heterocycles. The fourth-order valence-electron chi connectivity index (χ4n) is 4.51. The van der Waals surface area contributed by atoms with Gasteiger partial charge in [0.1, 0.15) is 0 Å². The molecule has 168 valence electrons. The summed E-state index contributed by atoms with van der Waals surface area (Å²) >= 11 is 0. The molecule has 2 fully saturated rings. The van der Waals surface area contributed by atoms with Crippen molar-refractivity contribution in [3.63, 3.8) is 0 Å². The predicted octanol–water partition coefficient (Wildman–Crippen LogP) is 2.65. The molecule has 1 saturated heterocycles. The van der Waals surface area contributed by atoms with Crippen LogP contribution in [-0.2, 0) is 21.2 Å². The molecule has 0 bridgehead atoms.